The smallest absolute Gasteiger partial charge is 0.191 e. The average molecular weight is 308 g/mol. The maximum Gasteiger partial charge on any atom is 0.191 e. The first kappa shape index (κ1) is 16.3. The summed E-state index contributed by atoms with van der Waals surface area (Å²) in [5.74, 6) is 0.965. The van der Waals surface area contributed by atoms with E-state index in [4.69, 9.17) is 4.99 Å². The molecule has 118 valence electrons. The van der Waals surface area contributed by atoms with Crippen LogP contribution in [-0.4, -0.2) is 43.1 Å². The number of likely N-dealkylation sites (N-methyl/N-ethyl adjacent to an activating group) is 1. The van der Waals surface area contributed by atoms with Crippen LogP contribution in [0.1, 0.15) is 45.2 Å². The van der Waals surface area contributed by atoms with Gasteiger partial charge >= 0.3 is 0 Å². The number of aliphatic imine (C=N–C) groups is 1. The topological polar surface area (TPSA) is 39.7 Å². The highest BCUT2D eigenvalue weighted by atomic mass is 32.1. The zero-order chi connectivity index (χ0) is 15.1. The predicted octanol–water partition coefficient (Wildman–Crippen LogP) is 2.85. The summed E-state index contributed by atoms with van der Waals surface area (Å²) in [6.45, 7) is 10.4. The van der Waals surface area contributed by atoms with Gasteiger partial charge in [0.1, 0.15) is 0 Å². The summed E-state index contributed by atoms with van der Waals surface area (Å²) < 4.78 is 0. The Morgan fingerprint density at radius 2 is 2.14 bits per heavy atom. The largest absolute Gasteiger partial charge is 0.357 e. The van der Waals surface area contributed by atoms with Gasteiger partial charge < -0.3 is 10.6 Å². The van der Waals surface area contributed by atoms with Crippen LogP contribution in [0.25, 0.3) is 0 Å². The highest BCUT2D eigenvalue weighted by Crippen LogP contribution is 2.23. The molecule has 0 amide bonds. The maximum absolute atomic E-state index is 4.82. The van der Waals surface area contributed by atoms with Crippen LogP contribution < -0.4 is 10.6 Å². The molecule has 1 aliphatic rings. The van der Waals surface area contributed by atoms with Crippen molar-refractivity contribution >= 4 is 17.3 Å². The summed E-state index contributed by atoms with van der Waals surface area (Å²) in [6, 6.07) is 3.24. The minimum atomic E-state index is 0.376. The van der Waals surface area contributed by atoms with Crippen LogP contribution in [0.3, 0.4) is 0 Å². The third-order valence-electron chi connectivity index (χ3n) is 3.87. The van der Waals surface area contributed by atoms with Crippen molar-refractivity contribution in [3.05, 3.63) is 22.4 Å². The van der Waals surface area contributed by atoms with Gasteiger partial charge in [0.2, 0.25) is 0 Å². The van der Waals surface area contributed by atoms with Gasteiger partial charge in [-0.2, -0.15) is 11.3 Å². The number of nitrogens with one attached hydrogen (secondary N) is 2. The quantitative estimate of drug-likeness (QED) is 0.573. The van der Waals surface area contributed by atoms with Gasteiger partial charge in [-0.3, -0.25) is 9.89 Å². The van der Waals surface area contributed by atoms with Crippen LogP contribution in [0.4, 0.5) is 0 Å². The predicted molar refractivity (Wildman–Crippen MR) is 92.1 cm³/mol. The standard InChI is InChI=1S/C16H28N4S/c1-4-17-16(19-14-7-8-14)18-11-15(20(5-2)6-3)13-9-10-21-12-13/h9-10,12,14-15H,4-8,11H2,1-3H3,(H2,17,18,19). The molecule has 1 fully saturated rings. The lowest BCUT2D eigenvalue weighted by molar-refractivity contribution is 0.224. The third kappa shape index (κ3) is 5.00. The molecule has 1 heterocycles. The molecule has 0 saturated heterocycles. The van der Waals surface area contributed by atoms with Crippen molar-refractivity contribution in [2.24, 2.45) is 4.99 Å². The van der Waals surface area contributed by atoms with E-state index in [1.165, 1.54) is 18.4 Å². The second-order valence-corrected chi connectivity index (χ2v) is 6.21. The zero-order valence-corrected chi connectivity index (χ0v) is 14.2. The molecule has 1 saturated carbocycles. The van der Waals surface area contributed by atoms with Gasteiger partial charge in [0, 0.05) is 12.6 Å². The molecule has 1 aromatic heterocycles. The van der Waals surface area contributed by atoms with Crippen LogP contribution in [0.15, 0.2) is 21.8 Å². The second kappa shape index (κ2) is 8.39. The molecular formula is C16H28N4S. The Hall–Kier alpha value is -1.07. The molecule has 1 unspecified atom stereocenters. The minimum Gasteiger partial charge on any atom is -0.357 e. The lowest BCUT2D eigenvalue weighted by Crippen LogP contribution is -2.39. The summed E-state index contributed by atoms with van der Waals surface area (Å²) in [4.78, 5) is 7.30. The van der Waals surface area contributed by atoms with Gasteiger partial charge in [-0.05, 0) is 55.2 Å². The Labute approximate surface area is 132 Å². The van der Waals surface area contributed by atoms with Crippen molar-refractivity contribution in [3.8, 4) is 0 Å². The van der Waals surface area contributed by atoms with Crippen molar-refractivity contribution < 1.29 is 0 Å². The summed E-state index contributed by atoms with van der Waals surface area (Å²) in [6.07, 6.45) is 2.54. The van der Waals surface area contributed by atoms with E-state index in [2.05, 4.69) is 53.1 Å². The number of thiophene rings is 1. The molecule has 1 atom stereocenters. The normalized spacial score (nSPS) is 17.0. The lowest BCUT2D eigenvalue weighted by Gasteiger charge is -2.28. The first-order chi connectivity index (χ1) is 10.3. The molecule has 2 N–H and O–H groups in total. The molecular weight excluding hydrogens is 280 g/mol. The van der Waals surface area contributed by atoms with E-state index in [0.717, 1.165) is 32.1 Å². The Morgan fingerprint density at radius 3 is 2.67 bits per heavy atom. The summed E-state index contributed by atoms with van der Waals surface area (Å²) in [7, 11) is 0. The fourth-order valence-corrected chi connectivity index (χ4v) is 3.19. The van der Waals surface area contributed by atoms with Crippen LogP contribution in [0.2, 0.25) is 0 Å². The van der Waals surface area contributed by atoms with Gasteiger partial charge in [-0.25, -0.2) is 0 Å². The molecule has 2 rings (SSSR count). The third-order valence-corrected chi connectivity index (χ3v) is 4.57. The van der Waals surface area contributed by atoms with Crippen molar-refractivity contribution in [2.75, 3.05) is 26.2 Å². The van der Waals surface area contributed by atoms with Gasteiger partial charge in [-0.15, -0.1) is 0 Å². The zero-order valence-electron chi connectivity index (χ0n) is 13.4. The molecule has 0 bridgehead atoms. The van der Waals surface area contributed by atoms with Crippen LogP contribution >= 0.6 is 11.3 Å². The minimum absolute atomic E-state index is 0.376. The van der Waals surface area contributed by atoms with Crippen LogP contribution in [0.5, 0.6) is 0 Å². The van der Waals surface area contributed by atoms with Gasteiger partial charge in [0.25, 0.3) is 0 Å². The van der Waals surface area contributed by atoms with Crippen molar-refractivity contribution in [1.82, 2.24) is 15.5 Å². The molecule has 0 radical (unpaired) electrons. The first-order valence-corrected chi connectivity index (χ1v) is 9.03. The Bertz CT molecular complexity index is 421. The monoisotopic (exact) mass is 308 g/mol. The maximum atomic E-state index is 4.82. The van der Waals surface area contributed by atoms with E-state index in [1.807, 2.05) is 0 Å². The fourth-order valence-electron chi connectivity index (χ4n) is 2.48. The molecule has 0 aromatic carbocycles. The first-order valence-electron chi connectivity index (χ1n) is 8.09. The highest BCUT2D eigenvalue weighted by Gasteiger charge is 2.23. The molecule has 0 spiro atoms. The van der Waals surface area contributed by atoms with E-state index >= 15 is 0 Å². The Morgan fingerprint density at radius 1 is 1.38 bits per heavy atom. The number of nitrogens with zero attached hydrogens (tertiary/aromatic N) is 2. The van der Waals surface area contributed by atoms with Crippen molar-refractivity contribution in [2.45, 2.75) is 45.7 Å². The van der Waals surface area contributed by atoms with E-state index in [9.17, 15) is 0 Å². The lowest BCUT2D eigenvalue weighted by atomic mass is 10.1. The molecule has 4 nitrogen and oxygen atoms in total. The summed E-state index contributed by atoms with van der Waals surface area (Å²) in [5, 5.41) is 11.2. The van der Waals surface area contributed by atoms with Gasteiger partial charge in [0.15, 0.2) is 5.96 Å². The Balaban J connectivity index is 2.05. The Kier molecular flexibility index (Phi) is 6.51. The molecule has 1 aliphatic carbocycles. The number of hydrogen-bond acceptors (Lipinski definition) is 3. The average Bonchev–Trinajstić information content (AvgIpc) is 3.14. The van der Waals surface area contributed by atoms with E-state index in [-0.39, 0.29) is 0 Å². The van der Waals surface area contributed by atoms with Gasteiger partial charge in [0.05, 0.1) is 12.6 Å². The molecule has 0 aliphatic heterocycles. The van der Waals surface area contributed by atoms with Crippen LogP contribution in [0, 0.1) is 0 Å². The number of guanidine groups is 1. The molecule has 5 heteroatoms. The van der Waals surface area contributed by atoms with Crippen molar-refractivity contribution in [3.63, 3.8) is 0 Å². The van der Waals surface area contributed by atoms with E-state index in [1.54, 1.807) is 11.3 Å². The summed E-state index contributed by atoms with van der Waals surface area (Å²) in [5.41, 5.74) is 1.38. The number of hydrogen-bond donors (Lipinski definition) is 2. The van der Waals surface area contributed by atoms with Crippen LogP contribution in [-0.2, 0) is 0 Å². The SMILES string of the molecule is CCNC(=NCC(c1ccsc1)N(CC)CC)NC1CC1. The second-order valence-electron chi connectivity index (χ2n) is 5.43. The summed E-state index contributed by atoms with van der Waals surface area (Å²) >= 11 is 1.77. The molecule has 1 aromatic rings. The van der Waals surface area contributed by atoms with E-state index < -0.39 is 0 Å². The number of rotatable bonds is 8. The highest BCUT2D eigenvalue weighted by molar-refractivity contribution is 7.07. The van der Waals surface area contributed by atoms with Crippen molar-refractivity contribution in [1.29, 1.82) is 0 Å². The van der Waals surface area contributed by atoms with Gasteiger partial charge in [-0.1, -0.05) is 13.8 Å². The molecule has 21 heavy (non-hydrogen) atoms. The fraction of sp³-hybridized carbons (Fsp3) is 0.688. The van der Waals surface area contributed by atoms with E-state index in [0.29, 0.717) is 12.1 Å².